The minimum Gasteiger partial charge on any atom is -0.444 e. The lowest BCUT2D eigenvalue weighted by Crippen LogP contribution is -2.49. The summed E-state index contributed by atoms with van der Waals surface area (Å²) in [7, 11) is 0. The molecule has 1 fully saturated rings. The van der Waals surface area contributed by atoms with Gasteiger partial charge in [0.1, 0.15) is 5.60 Å². The number of hydrogen-bond donors (Lipinski definition) is 2. The van der Waals surface area contributed by atoms with Crippen molar-refractivity contribution >= 4 is 12.0 Å². The molecule has 1 heterocycles. The fourth-order valence-corrected chi connectivity index (χ4v) is 4.14. The van der Waals surface area contributed by atoms with Crippen molar-refractivity contribution in [2.75, 3.05) is 13.1 Å². The molecule has 1 aliphatic heterocycles. The van der Waals surface area contributed by atoms with Gasteiger partial charge in [0, 0.05) is 25.0 Å². The van der Waals surface area contributed by atoms with E-state index in [9.17, 15) is 14.7 Å². The molecule has 2 atom stereocenters. The Morgan fingerprint density at radius 3 is 2.23 bits per heavy atom. The van der Waals surface area contributed by atoms with Gasteiger partial charge in [0.2, 0.25) is 5.91 Å². The summed E-state index contributed by atoms with van der Waals surface area (Å²) < 4.78 is 5.38. The number of benzene rings is 1. The minimum absolute atomic E-state index is 0.106. The minimum atomic E-state index is -0.879. The summed E-state index contributed by atoms with van der Waals surface area (Å²) in [6.45, 7) is 12.7. The second-order valence-corrected chi connectivity index (χ2v) is 10.1. The van der Waals surface area contributed by atoms with Gasteiger partial charge in [-0.3, -0.25) is 4.79 Å². The summed E-state index contributed by atoms with van der Waals surface area (Å²) in [5, 5.41) is 14.0. The Morgan fingerprint density at radius 1 is 1.16 bits per heavy atom. The number of aliphatic hydroxyl groups is 1. The third-order valence-corrected chi connectivity index (χ3v) is 6.09. The number of carbonyl (C=O) groups is 2. The van der Waals surface area contributed by atoms with Crippen LogP contribution in [0, 0.1) is 11.8 Å². The zero-order chi connectivity index (χ0) is 23.2. The zero-order valence-corrected chi connectivity index (χ0v) is 20.0. The summed E-state index contributed by atoms with van der Waals surface area (Å²) in [6, 6.07) is 9.57. The third kappa shape index (κ3) is 7.23. The van der Waals surface area contributed by atoms with Crippen LogP contribution in [-0.2, 0) is 15.1 Å². The van der Waals surface area contributed by atoms with E-state index in [-0.39, 0.29) is 23.8 Å². The van der Waals surface area contributed by atoms with Crippen molar-refractivity contribution in [2.24, 2.45) is 11.8 Å². The van der Waals surface area contributed by atoms with Gasteiger partial charge >= 0.3 is 6.09 Å². The smallest absolute Gasteiger partial charge is 0.407 e. The van der Waals surface area contributed by atoms with Gasteiger partial charge in [-0.1, -0.05) is 51.1 Å². The van der Waals surface area contributed by atoms with Gasteiger partial charge in [-0.2, -0.15) is 0 Å². The first-order valence-corrected chi connectivity index (χ1v) is 11.5. The predicted octanol–water partition coefficient (Wildman–Crippen LogP) is 4.46. The molecule has 0 saturated carbocycles. The Hall–Kier alpha value is -2.08. The number of nitrogens with zero attached hydrogens (tertiary/aromatic N) is 1. The Labute approximate surface area is 187 Å². The Balaban J connectivity index is 1.99. The number of piperidine rings is 1. The third-order valence-electron chi connectivity index (χ3n) is 6.09. The van der Waals surface area contributed by atoms with Crippen molar-refractivity contribution in [3.63, 3.8) is 0 Å². The molecule has 0 spiro atoms. The van der Waals surface area contributed by atoms with Crippen molar-refractivity contribution in [1.82, 2.24) is 10.2 Å². The molecule has 2 N–H and O–H groups in total. The van der Waals surface area contributed by atoms with Crippen LogP contribution in [0.2, 0.25) is 0 Å². The molecule has 6 nitrogen and oxygen atoms in total. The molecule has 0 aromatic heterocycles. The highest BCUT2D eigenvalue weighted by Crippen LogP contribution is 2.34. The summed E-state index contributed by atoms with van der Waals surface area (Å²) in [5.41, 5.74) is -0.524. The number of carbonyl (C=O) groups excluding carboxylic acids is 2. The van der Waals surface area contributed by atoms with E-state index in [2.05, 4.69) is 5.32 Å². The van der Waals surface area contributed by atoms with Crippen molar-refractivity contribution < 1.29 is 19.4 Å². The summed E-state index contributed by atoms with van der Waals surface area (Å²) in [4.78, 5) is 27.4. The molecule has 0 bridgehead atoms. The molecule has 2 amide bonds. The van der Waals surface area contributed by atoms with Crippen LogP contribution in [0.15, 0.2) is 30.3 Å². The first kappa shape index (κ1) is 25.2. The number of alkyl carbamates (subject to hydrolysis) is 1. The standard InChI is InChI=1S/C25H40N2O4/c1-7-20(26-23(29)31-24(4,5)6)17-21(18(2)3)22(28)27-15-13-25(30,14-16-27)19-11-9-8-10-12-19/h8-12,18,20-21,30H,7,13-17H2,1-6H3,(H,26,29). The highest BCUT2D eigenvalue weighted by Gasteiger charge is 2.38. The molecule has 2 rings (SSSR count). The molecule has 174 valence electrons. The van der Waals surface area contributed by atoms with Gasteiger partial charge in [0.05, 0.1) is 5.60 Å². The van der Waals surface area contributed by atoms with E-state index in [4.69, 9.17) is 4.74 Å². The van der Waals surface area contributed by atoms with E-state index < -0.39 is 17.3 Å². The summed E-state index contributed by atoms with van der Waals surface area (Å²) in [6.07, 6.45) is 1.91. The SMILES string of the molecule is CCC(CC(C(=O)N1CCC(O)(c2ccccc2)CC1)C(C)C)NC(=O)OC(C)(C)C. The van der Waals surface area contributed by atoms with Gasteiger partial charge in [-0.15, -0.1) is 0 Å². The molecule has 0 radical (unpaired) electrons. The molecule has 1 aliphatic rings. The van der Waals surface area contributed by atoms with E-state index in [0.29, 0.717) is 32.4 Å². The lowest BCUT2D eigenvalue weighted by molar-refractivity contribution is -0.142. The summed E-state index contributed by atoms with van der Waals surface area (Å²) >= 11 is 0. The molecule has 2 unspecified atom stereocenters. The first-order chi connectivity index (χ1) is 14.4. The van der Waals surface area contributed by atoms with Gasteiger partial charge in [-0.25, -0.2) is 4.79 Å². The van der Waals surface area contributed by atoms with E-state index in [1.54, 1.807) is 0 Å². The molecular formula is C25H40N2O4. The highest BCUT2D eigenvalue weighted by atomic mass is 16.6. The van der Waals surface area contributed by atoms with Crippen LogP contribution in [0.3, 0.4) is 0 Å². The Kier molecular flexibility index (Phi) is 8.52. The van der Waals surface area contributed by atoms with Gasteiger partial charge < -0.3 is 20.1 Å². The molecule has 1 aromatic rings. The Morgan fingerprint density at radius 2 is 1.74 bits per heavy atom. The number of nitrogens with one attached hydrogen (secondary N) is 1. The number of rotatable bonds is 7. The first-order valence-electron chi connectivity index (χ1n) is 11.5. The average molecular weight is 433 g/mol. The molecule has 6 heteroatoms. The van der Waals surface area contributed by atoms with Crippen molar-refractivity contribution in [1.29, 1.82) is 0 Å². The van der Waals surface area contributed by atoms with Crippen LogP contribution in [0.5, 0.6) is 0 Å². The molecule has 0 aliphatic carbocycles. The highest BCUT2D eigenvalue weighted by molar-refractivity contribution is 5.79. The molecule has 31 heavy (non-hydrogen) atoms. The van der Waals surface area contributed by atoms with Gasteiger partial charge in [-0.05, 0) is 57.9 Å². The van der Waals surface area contributed by atoms with Crippen LogP contribution in [0.1, 0.15) is 72.8 Å². The maximum absolute atomic E-state index is 13.4. The predicted molar refractivity (Wildman–Crippen MR) is 123 cm³/mol. The lowest BCUT2D eigenvalue weighted by atomic mass is 9.82. The van der Waals surface area contributed by atoms with Crippen LogP contribution in [0.4, 0.5) is 4.79 Å². The van der Waals surface area contributed by atoms with Crippen LogP contribution >= 0.6 is 0 Å². The molecule has 1 saturated heterocycles. The zero-order valence-electron chi connectivity index (χ0n) is 20.0. The van der Waals surface area contributed by atoms with E-state index >= 15 is 0 Å². The lowest BCUT2D eigenvalue weighted by Gasteiger charge is -2.40. The van der Waals surface area contributed by atoms with E-state index in [1.165, 1.54) is 0 Å². The topological polar surface area (TPSA) is 78.9 Å². The van der Waals surface area contributed by atoms with Gasteiger partial charge in [0.25, 0.3) is 0 Å². The quantitative estimate of drug-likeness (QED) is 0.667. The fourth-order valence-electron chi connectivity index (χ4n) is 4.14. The van der Waals surface area contributed by atoms with Crippen LogP contribution in [-0.4, -0.2) is 46.7 Å². The Bertz CT molecular complexity index is 719. The maximum Gasteiger partial charge on any atom is 0.407 e. The van der Waals surface area contributed by atoms with Crippen molar-refractivity contribution in [2.45, 2.75) is 84.5 Å². The number of likely N-dealkylation sites (tertiary alicyclic amines) is 1. The summed E-state index contributed by atoms with van der Waals surface area (Å²) in [5.74, 6) is 0.0641. The molecular weight excluding hydrogens is 392 g/mol. The number of ether oxygens (including phenoxy) is 1. The molecule has 1 aromatic carbocycles. The largest absolute Gasteiger partial charge is 0.444 e. The monoisotopic (exact) mass is 432 g/mol. The maximum atomic E-state index is 13.4. The van der Waals surface area contributed by atoms with Crippen molar-refractivity contribution in [3.05, 3.63) is 35.9 Å². The second-order valence-electron chi connectivity index (χ2n) is 10.1. The van der Waals surface area contributed by atoms with Crippen LogP contribution < -0.4 is 5.32 Å². The fraction of sp³-hybridized carbons (Fsp3) is 0.680. The van der Waals surface area contributed by atoms with E-state index in [0.717, 1.165) is 12.0 Å². The van der Waals surface area contributed by atoms with Crippen molar-refractivity contribution in [3.8, 4) is 0 Å². The second kappa shape index (κ2) is 10.5. The number of hydrogen-bond acceptors (Lipinski definition) is 4. The van der Waals surface area contributed by atoms with Gasteiger partial charge in [0.15, 0.2) is 0 Å². The normalized spacial score (nSPS) is 18.4. The van der Waals surface area contributed by atoms with E-state index in [1.807, 2.05) is 76.8 Å². The number of amides is 2. The average Bonchev–Trinajstić information content (AvgIpc) is 2.70. The van der Waals surface area contributed by atoms with Crippen LogP contribution in [0.25, 0.3) is 0 Å².